The summed E-state index contributed by atoms with van der Waals surface area (Å²) in [5.41, 5.74) is 7.53. The maximum Gasteiger partial charge on any atom is 0.0991 e. The molecule has 0 saturated heterocycles. The quantitative estimate of drug-likeness (QED) is 0.654. The summed E-state index contributed by atoms with van der Waals surface area (Å²) >= 11 is 0. The van der Waals surface area contributed by atoms with Gasteiger partial charge in [0.25, 0.3) is 0 Å². The number of rotatable bonds is 2. The molecule has 1 aliphatic carbocycles. The van der Waals surface area contributed by atoms with Crippen molar-refractivity contribution >= 4 is 0 Å². The van der Waals surface area contributed by atoms with Gasteiger partial charge in [0.2, 0.25) is 0 Å². The predicted octanol–water partition coefficient (Wildman–Crippen LogP) is 4.91. The SMILES string of the molecule is N#Cc1ccc(CC2c3ccccc3-c3ccccc32)cc1. The van der Waals surface area contributed by atoms with Crippen molar-refractivity contribution in [2.45, 2.75) is 12.3 Å². The van der Waals surface area contributed by atoms with Crippen LogP contribution in [0.3, 0.4) is 0 Å². The molecule has 22 heavy (non-hydrogen) atoms. The van der Waals surface area contributed by atoms with Crippen molar-refractivity contribution in [2.75, 3.05) is 0 Å². The maximum atomic E-state index is 8.92. The molecule has 0 radical (unpaired) electrons. The van der Waals surface area contributed by atoms with Crippen molar-refractivity contribution in [1.29, 1.82) is 5.26 Å². The summed E-state index contributed by atoms with van der Waals surface area (Å²) in [6, 6.07) is 27.5. The first kappa shape index (κ1) is 12.9. The summed E-state index contributed by atoms with van der Waals surface area (Å²) in [5.74, 6) is 0.403. The van der Waals surface area contributed by atoms with Gasteiger partial charge in [0, 0.05) is 5.92 Å². The molecule has 0 aromatic heterocycles. The molecule has 0 atom stereocenters. The highest BCUT2D eigenvalue weighted by atomic mass is 14.3. The fourth-order valence-electron chi connectivity index (χ4n) is 3.43. The van der Waals surface area contributed by atoms with Gasteiger partial charge in [-0.15, -0.1) is 0 Å². The molecule has 1 nitrogen and oxygen atoms in total. The van der Waals surface area contributed by atoms with E-state index in [2.05, 4.69) is 66.7 Å². The lowest BCUT2D eigenvalue weighted by Gasteiger charge is -2.13. The summed E-state index contributed by atoms with van der Waals surface area (Å²) in [7, 11) is 0. The standard InChI is InChI=1S/C21H15N/c22-14-16-11-9-15(10-12-16)13-21-19-7-3-1-5-17(19)18-6-2-4-8-20(18)21/h1-12,21H,13H2. The van der Waals surface area contributed by atoms with Gasteiger partial charge < -0.3 is 0 Å². The first-order chi connectivity index (χ1) is 10.9. The molecule has 0 aliphatic heterocycles. The van der Waals surface area contributed by atoms with Crippen LogP contribution in [0, 0.1) is 11.3 Å². The Hall–Kier alpha value is -2.85. The molecule has 0 bridgehead atoms. The van der Waals surface area contributed by atoms with Gasteiger partial charge in [-0.2, -0.15) is 5.26 Å². The second-order valence-electron chi connectivity index (χ2n) is 5.74. The van der Waals surface area contributed by atoms with E-state index in [0.717, 1.165) is 12.0 Å². The van der Waals surface area contributed by atoms with Crippen LogP contribution in [0.1, 0.15) is 28.2 Å². The zero-order chi connectivity index (χ0) is 14.9. The fraction of sp³-hybridized carbons (Fsp3) is 0.0952. The number of nitriles is 1. The van der Waals surface area contributed by atoms with Crippen LogP contribution >= 0.6 is 0 Å². The Morgan fingerprint density at radius 2 is 1.27 bits per heavy atom. The van der Waals surface area contributed by atoms with Crippen LogP contribution in [0.5, 0.6) is 0 Å². The van der Waals surface area contributed by atoms with Crippen molar-refractivity contribution in [2.24, 2.45) is 0 Å². The highest BCUT2D eigenvalue weighted by Crippen LogP contribution is 2.45. The van der Waals surface area contributed by atoms with Crippen molar-refractivity contribution in [3.8, 4) is 17.2 Å². The van der Waals surface area contributed by atoms with Crippen LogP contribution in [0.4, 0.5) is 0 Å². The number of hydrogen-bond donors (Lipinski definition) is 0. The van der Waals surface area contributed by atoms with E-state index < -0.39 is 0 Å². The van der Waals surface area contributed by atoms with E-state index >= 15 is 0 Å². The second kappa shape index (κ2) is 5.16. The topological polar surface area (TPSA) is 23.8 Å². The lowest BCUT2D eigenvalue weighted by Crippen LogP contribution is -2.01. The van der Waals surface area contributed by atoms with Gasteiger partial charge in [0.1, 0.15) is 0 Å². The number of nitrogens with zero attached hydrogens (tertiary/aromatic N) is 1. The minimum atomic E-state index is 0.403. The fourth-order valence-corrected chi connectivity index (χ4v) is 3.43. The molecule has 0 heterocycles. The van der Waals surface area contributed by atoms with Gasteiger partial charge in [-0.25, -0.2) is 0 Å². The maximum absolute atomic E-state index is 8.92. The molecule has 0 spiro atoms. The molecular formula is C21H15N. The third kappa shape index (κ3) is 2.01. The molecule has 1 aliphatic rings. The summed E-state index contributed by atoms with van der Waals surface area (Å²) in [4.78, 5) is 0. The molecule has 4 rings (SSSR count). The van der Waals surface area contributed by atoms with Gasteiger partial charge in [-0.3, -0.25) is 0 Å². The normalized spacial score (nSPS) is 12.5. The Labute approximate surface area is 130 Å². The zero-order valence-electron chi connectivity index (χ0n) is 12.2. The summed E-state index contributed by atoms with van der Waals surface area (Å²) in [6.07, 6.45) is 0.972. The van der Waals surface area contributed by atoms with Crippen molar-refractivity contribution in [1.82, 2.24) is 0 Å². The van der Waals surface area contributed by atoms with Crippen molar-refractivity contribution in [3.63, 3.8) is 0 Å². The van der Waals surface area contributed by atoms with E-state index in [9.17, 15) is 0 Å². The number of hydrogen-bond acceptors (Lipinski definition) is 1. The minimum Gasteiger partial charge on any atom is -0.192 e. The van der Waals surface area contributed by atoms with E-state index in [1.807, 2.05) is 12.1 Å². The zero-order valence-corrected chi connectivity index (χ0v) is 12.2. The third-order valence-electron chi connectivity index (χ3n) is 4.49. The minimum absolute atomic E-state index is 0.403. The molecule has 0 fully saturated rings. The van der Waals surface area contributed by atoms with E-state index in [-0.39, 0.29) is 0 Å². The smallest absolute Gasteiger partial charge is 0.0991 e. The Balaban J connectivity index is 1.76. The van der Waals surface area contributed by atoms with Gasteiger partial charge in [0.05, 0.1) is 11.6 Å². The average molecular weight is 281 g/mol. The Morgan fingerprint density at radius 1 is 0.727 bits per heavy atom. The largest absolute Gasteiger partial charge is 0.192 e. The monoisotopic (exact) mass is 281 g/mol. The molecule has 0 saturated carbocycles. The van der Waals surface area contributed by atoms with Crippen LogP contribution < -0.4 is 0 Å². The van der Waals surface area contributed by atoms with E-state index in [1.54, 1.807) is 0 Å². The highest BCUT2D eigenvalue weighted by Gasteiger charge is 2.27. The van der Waals surface area contributed by atoms with Gasteiger partial charge in [-0.05, 0) is 46.4 Å². The van der Waals surface area contributed by atoms with Crippen LogP contribution in [-0.2, 0) is 6.42 Å². The number of benzene rings is 3. The average Bonchev–Trinajstić information content (AvgIpc) is 2.90. The molecule has 1 heteroatoms. The Bertz CT molecular complexity index is 823. The lowest BCUT2D eigenvalue weighted by atomic mass is 9.90. The van der Waals surface area contributed by atoms with E-state index in [4.69, 9.17) is 5.26 Å². The van der Waals surface area contributed by atoms with E-state index in [0.29, 0.717) is 5.92 Å². The van der Waals surface area contributed by atoms with E-state index in [1.165, 1.54) is 27.8 Å². The van der Waals surface area contributed by atoms with Crippen molar-refractivity contribution < 1.29 is 0 Å². The predicted molar refractivity (Wildman–Crippen MR) is 88.6 cm³/mol. The summed E-state index contributed by atoms with van der Waals surface area (Å²) < 4.78 is 0. The van der Waals surface area contributed by atoms with Gasteiger partial charge in [-0.1, -0.05) is 60.7 Å². The van der Waals surface area contributed by atoms with Crippen LogP contribution in [0.2, 0.25) is 0 Å². The summed E-state index contributed by atoms with van der Waals surface area (Å²) in [6.45, 7) is 0. The Morgan fingerprint density at radius 3 is 1.82 bits per heavy atom. The van der Waals surface area contributed by atoms with Gasteiger partial charge in [0.15, 0.2) is 0 Å². The second-order valence-corrected chi connectivity index (χ2v) is 5.74. The molecule has 104 valence electrons. The molecular weight excluding hydrogens is 266 g/mol. The lowest BCUT2D eigenvalue weighted by molar-refractivity contribution is 0.827. The van der Waals surface area contributed by atoms with Gasteiger partial charge >= 0.3 is 0 Å². The number of fused-ring (bicyclic) bond motifs is 3. The molecule has 0 unspecified atom stereocenters. The highest BCUT2D eigenvalue weighted by molar-refractivity contribution is 5.78. The first-order valence-corrected chi connectivity index (χ1v) is 7.54. The Kier molecular flexibility index (Phi) is 3.02. The first-order valence-electron chi connectivity index (χ1n) is 7.54. The molecule has 3 aromatic rings. The third-order valence-corrected chi connectivity index (χ3v) is 4.49. The van der Waals surface area contributed by atoms with Crippen LogP contribution in [0.25, 0.3) is 11.1 Å². The van der Waals surface area contributed by atoms with Crippen molar-refractivity contribution in [3.05, 3.63) is 95.1 Å². The van der Waals surface area contributed by atoms with Crippen LogP contribution in [-0.4, -0.2) is 0 Å². The molecule has 0 N–H and O–H groups in total. The van der Waals surface area contributed by atoms with Crippen LogP contribution in [0.15, 0.2) is 72.8 Å². The molecule has 0 amide bonds. The summed E-state index contributed by atoms with van der Waals surface area (Å²) in [5, 5.41) is 8.92. The molecule has 3 aromatic carbocycles.